The largest absolute Gasteiger partial charge is 0.507 e. The minimum Gasteiger partial charge on any atom is -0.507 e. The van der Waals surface area contributed by atoms with Crippen LogP contribution in [0.2, 0.25) is 0 Å². The topological polar surface area (TPSA) is 99.5 Å². The molecule has 2 N–H and O–H groups in total. The second-order valence-electron chi connectivity index (χ2n) is 8.49. The third-order valence-corrected chi connectivity index (χ3v) is 5.83. The lowest BCUT2D eigenvalue weighted by Crippen LogP contribution is -2.32. The van der Waals surface area contributed by atoms with Gasteiger partial charge in [0, 0.05) is 12.1 Å². The molecule has 0 saturated carbocycles. The number of hydrogen-bond donors (Lipinski definition) is 2. The van der Waals surface area contributed by atoms with Crippen molar-refractivity contribution in [2.45, 2.75) is 26.3 Å². The normalized spacial score (nSPS) is 17.5. The Hall–Kier alpha value is -3.52. The number of ketones is 1. The minimum absolute atomic E-state index is 0.0104. The van der Waals surface area contributed by atoms with Gasteiger partial charge in [0.1, 0.15) is 11.5 Å². The summed E-state index contributed by atoms with van der Waals surface area (Å²) in [5.74, 6) is -0.823. The molecule has 0 aromatic heterocycles. The zero-order chi connectivity index (χ0) is 25.0. The van der Waals surface area contributed by atoms with Crippen molar-refractivity contribution >= 4 is 17.4 Å². The van der Waals surface area contributed by atoms with Gasteiger partial charge in [0.15, 0.2) is 11.5 Å². The number of amides is 1. The van der Waals surface area contributed by atoms with Gasteiger partial charge in [-0.25, -0.2) is 0 Å². The Kier molecular flexibility index (Phi) is 7.83. The van der Waals surface area contributed by atoms with Gasteiger partial charge >= 0.3 is 0 Å². The van der Waals surface area contributed by atoms with E-state index in [0.29, 0.717) is 42.0 Å². The second kappa shape index (κ2) is 10.6. The number of ether oxygens (including phenoxy) is 2. The van der Waals surface area contributed by atoms with Gasteiger partial charge in [-0.15, -0.1) is 0 Å². The highest BCUT2D eigenvalue weighted by atomic mass is 16.5. The van der Waals surface area contributed by atoms with Crippen LogP contribution in [0, 0.1) is 6.92 Å². The van der Waals surface area contributed by atoms with Crippen LogP contribution >= 0.6 is 0 Å². The molecule has 0 radical (unpaired) electrons. The quantitative estimate of drug-likeness (QED) is 0.330. The van der Waals surface area contributed by atoms with E-state index in [9.17, 15) is 19.8 Å². The summed E-state index contributed by atoms with van der Waals surface area (Å²) in [5.41, 5.74) is 1.73. The van der Waals surface area contributed by atoms with Gasteiger partial charge in [0.05, 0.1) is 25.3 Å². The number of aliphatic hydroxyl groups excluding tert-OH is 1. The van der Waals surface area contributed by atoms with Crippen LogP contribution in [0.5, 0.6) is 17.2 Å². The lowest BCUT2D eigenvalue weighted by atomic mass is 9.93. The monoisotopic (exact) mass is 468 g/mol. The van der Waals surface area contributed by atoms with E-state index in [-0.39, 0.29) is 22.8 Å². The molecule has 34 heavy (non-hydrogen) atoms. The molecule has 2 aromatic carbocycles. The molecule has 3 rings (SSSR count). The summed E-state index contributed by atoms with van der Waals surface area (Å²) in [4.78, 5) is 29.8. The average molecular weight is 469 g/mol. The molecule has 0 bridgehead atoms. The van der Waals surface area contributed by atoms with Gasteiger partial charge in [-0.2, -0.15) is 0 Å². The van der Waals surface area contributed by atoms with E-state index in [1.165, 1.54) is 11.0 Å². The number of carbonyl (C=O) groups excluding carboxylic acids is 2. The molecular weight excluding hydrogens is 436 g/mol. The third-order valence-electron chi connectivity index (χ3n) is 5.83. The van der Waals surface area contributed by atoms with Crippen molar-refractivity contribution in [2.24, 2.45) is 0 Å². The summed E-state index contributed by atoms with van der Waals surface area (Å²) in [7, 11) is 5.42. The summed E-state index contributed by atoms with van der Waals surface area (Å²) < 4.78 is 10.8. The maximum absolute atomic E-state index is 13.2. The van der Waals surface area contributed by atoms with Gasteiger partial charge in [0.2, 0.25) is 0 Å². The van der Waals surface area contributed by atoms with Crippen LogP contribution in [0.4, 0.5) is 0 Å². The number of nitrogens with zero attached hydrogens (tertiary/aromatic N) is 2. The number of aryl methyl sites for hydroxylation is 1. The molecule has 1 heterocycles. The lowest BCUT2D eigenvalue weighted by molar-refractivity contribution is -0.139. The van der Waals surface area contributed by atoms with Gasteiger partial charge in [-0.05, 0) is 82.4 Å². The van der Waals surface area contributed by atoms with Crippen molar-refractivity contribution in [2.75, 3.05) is 40.9 Å². The number of carbonyl (C=O) groups is 2. The van der Waals surface area contributed by atoms with Gasteiger partial charge < -0.3 is 29.5 Å². The molecule has 0 aliphatic carbocycles. The molecule has 8 heteroatoms. The summed E-state index contributed by atoms with van der Waals surface area (Å²) >= 11 is 0. The number of rotatable bonds is 9. The highest BCUT2D eigenvalue weighted by Crippen LogP contribution is 2.42. The molecule has 1 aliphatic rings. The maximum Gasteiger partial charge on any atom is 0.295 e. The molecular formula is C26H32N2O6. The fourth-order valence-corrected chi connectivity index (χ4v) is 4.16. The number of benzene rings is 2. The molecule has 182 valence electrons. The highest BCUT2D eigenvalue weighted by Gasteiger charge is 2.46. The number of aromatic hydroxyl groups is 1. The van der Waals surface area contributed by atoms with Gasteiger partial charge in [0.25, 0.3) is 11.7 Å². The standard InChI is InChI=1S/C26H32N2O6/c1-6-34-21-15-17(8-11-20(21)29)23-22(24(30)19-10-9-18(33-5)14-16(19)2)25(31)26(32)28(23)13-7-12-27(3)4/h8-11,14-15,23,29-30H,6-7,12-13H2,1-5H3/t23-/m0/s1. The Labute approximate surface area is 200 Å². The smallest absolute Gasteiger partial charge is 0.295 e. The van der Waals surface area contributed by atoms with E-state index >= 15 is 0 Å². The van der Waals surface area contributed by atoms with Gasteiger partial charge in [-0.1, -0.05) is 6.07 Å². The third kappa shape index (κ3) is 5.02. The first-order valence-corrected chi connectivity index (χ1v) is 11.2. The summed E-state index contributed by atoms with van der Waals surface area (Å²) in [6, 6.07) is 9.03. The van der Waals surface area contributed by atoms with E-state index in [1.54, 1.807) is 51.3 Å². The van der Waals surface area contributed by atoms with Gasteiger partial charge in [-0.3, -0.25) is 9.59 Å². The molecule has 1 amide bonds. The van der Waals surface area contributed by atoms with Crippen molar-refractivity contribution < 1.29 is 29.3 Å². The molecule has 1 saturated heterocycles. The molecule has 1 atom stereocenters. The SMILES string of the molecule is CCOc1cc([C@H]2C(=C(O)c3ccc(OC)cc3C)C(=O)C(=O)N2CCCN(C)C)ccc1O. The minimum atomic E-state index is -0.816. The van der Waals surface area contributed by atoms with Crippen molar-refractivity contribution in [3.63, 3.8) is 0 Å². The first kappa shape index (κ1) is 25.1. The predicted molar refractivity (Wildman–Crippen MR) is 129 cm³/mol. The van der Waals surface area contributed by atoms with Crippen LogP contribution in [-0.2, 0) is 9.59 Å². The fraction of sp³-hybridized carbons (Fsp3) is 0.385. The molecule has 0 unspecified atom stereocenters. The Morgan fingerprint density at radius 1 is 1.15 bits per heavy atom. The van der Waals surface area contributed by atoms with Crippen molar-refractivity contribution in [1.82, 2.24) is 9.80 Å². The van der Waals surface area contributed by atoms with Crippen molar-refractivity contribution in [3.8, 4) is 17.2 Å². The van der Waals surface area contributed by atoms with E-state index in [1.807, 2.05) is 19.0 Å². The summed E-state index contributed by atoms with van der Waals surface area (Å²) in [6.07, 6.45) is 0.647. The fourth-order valence-electron chi connectivity index (χ4n) is 4.16. The number of phenolic OH excluding ortho intramolecular Hbond substituents is 1. The Bertz CT molecular complexity index is 1110. The molecule has 1 aliphatic heterocycles. The highest BCUT2D eigenvalue weighted by molar-refractivity contribution is 6.46. The van der Waals surface area contributed by atoms with Crippen LogP contribution in [-0.4, -0.2) is 72.6 Å². The van der Waals surface area contributed by atoms with Crippen LogP contribution in [0.1, 0.15) is 36.1 Å². The van der Waals surface area contributed by atoms with Crippen LogP contribution < -0.4 is 9.47 Å². The van der Waals surface area contributed by atoms with E-state index in [0.717, 1.165) is 6.54 Å². The van der Waals surface area contributed by atoms with Crippen LogP contribution in [0.15, 0.2) is 42.0 Å². The predicted octanol–water partition coefficient (Wildman–Crippen LogP) is 3.48. The first-order valence-electron chi connectivity index (χ1n) is 11.2. The number of methoxy groups -OCH3 is 1. The van der Waals surface area contributed by atoms with E-state index in [2.05, 4.69) is 0 Å². The molecule has 0 spiro atoms. The zero-order valence-electron chi connectivity index (χ0n) is 20.3. The number of likely N-dealkylation sites (tertiary alicyclic amines) is 1. The molecule has 8 nitrogen and oxygen atoms in total. The Morgan fingerprint density at radius 3 is 2.50 bits per heavy atom. The zero-order valence-corrected chi connectivity index (χ0v) is 20.3. The molecule has 2 aromatic rings. The number of phenols is 1. The van der Waals surface area contributed by atoms with Crippen LogP contribution in [0.25, 0.3) is 5.76 Å². The van der Waals surface area contributed by atoms with Crippen LogP contribution in [0.3, 0.4) is 0 Å². The number of hydrogen-bond acceptors (Lipinski definition) is 7. The lowest BCUT2D eigenvalue weighted by Gasteiger charge is -2.26. The maximum atomic E-state index is 13.2. The second-order valence-corrected chi connectivity index (χ2v) is 8.49. The van der Waals surface area contributed by atoms with E-state index in [4.69, 9.17) is 9.47 Å². The summed E-state index contributed by atoms with van der Waals surface area (Å²) in [5, 5.41) is 21.5. The molecule has 1 fully saturated rings. The number of Topliss-reactive ketones (excluding diaryl/α,β-unsaturated/α-hetero) is 1. The Morgan fingerprint density at radius 2 is 1.88 bits per heavy atom. The Balaban J connectivity index is 2.16. The first-order chi connectivity index (χ1) is 16.2. The number of aliphatic hydroxyl groups is 1. The van der Waals surface area contributed by atoms with E-state index < -0.39 is 17.7 Å². The average Bonchev–Trinajstić information content (AvgIpc) is 3.05. The van der Waals surface area contributed by atoms with Crippen molar-refractivity contribution in [3.05, 3.63) is 58.7 Å². The van der Waals surface area contributed by atoms with Crippen molar-refractivity contribution in [1.29, 1.82) is 0 Å². The summed E-state index contributed by atoms with van der Waals surface area (Å²) in [6.45, 7) is 4.99.